The Hall–Kier alpha value is -0.390. The molecule has 1 rings (SSSR count). The average Bonchev–Trinajstić information content (AvgIpc) is 1.91. The summed E-state index contributed by atoms with van der Waals surface area (Å²) in [5.41, 5.74) is 0.273. The normalized spacial score (nSPS) is 11.5. The predicted molar refractivity (Wildman–Crippen MR) is 45.5 cm³/mol. The van der Waals surface area contributed by atoms with Gasteiger partial charge in [0, 0.05) is 10.7 Å². The maximum absolute atomic E-state index is 10.6. The van der Waals surface area contributed by atoms with Crippen molar-refractivity contribution >= 4 is 31.3 Å². The molecule has 0 fully saturated rings. The van der Waals surface area contributed by atoms with Gasteiger partial charge in [0.05, 0.1) is 18.1 Å². The van der Waals surface area contributed by atoms with Crippen LogP contribution in [0.15, 0.2) is 12.4 Å². The monoisotopic (exact) mass is 226 g/mol. The van der Waals surface area contributed by atoms with Crippen molar-refractivity contribution in [2.75, 3.05) is 0 Å². The molecule has 0 radical (unpaired) electrons. The highest BCUT2D eigenvalue weighted by molar-refractivity contribution is 8.13. The van der Waals surface area contributed by atoms with Crippen molar-refractivity contribution in [1.82, 2.24) is 9.97 Å². The van der Waals surface area contributed by atoms with Crippen LogP contribution in [-0.4, -0.2) is 18.4 Å². The first-order valence-electron chi connectivity index (χ1n) is 2.86. The molecule has 7 heteroatoms. The fourth-order valence-electron chi connectivity index (χ4n) is 0.590. The van der Waals surface area contributed by atoms with E-state index in [0.29, 0.717) is 0 Å². The van der Waals surface area contributed by atoms with Crippen LogP contribution in [0.1, 0.15) is 5.69 Å². The number of rotatable bonds is 2. The molecule has 0 bridgehead atoms. The lowest BCUT2D eigenvalue weighted by Crippen LogP contribution is -1.98. The Morgan fingerprint density at radius 3 is 2.42 bits per heavy atom. The highest BCUT2D eigenvalue weighted by Gasteiger charge is 2.07. The topological polar surface area (TPSA) is 59.9 Å². The smallest absolute Gasteiger partial charge is 0.238 e. The molecule has 0 N–H and O–H groups in total. The Kier molecular flexibility index (Phi) is 2.87. The average molecular weight is 227 g/mol. The van der Waals surface area contributed by atoms with E-state index in [0.717, 1.165) is 0 Å². The van der Waals surface area contributed by atoms with Crippen LogP contribution in [0.2, 0.25) is 5.15 Å². The molecule has 0 aliphatic carbocycles. The van der Waals surface area contributed by atoms with Gasteiger partial charge in [0.1, 0.15) is 10.9 Å². The van der Waals surface area contributed by atoms with Gasteiger partial charge < -0.3 is 0 Å². The van der Waals surface area contributed by atoms with Crippen LogP contribution in [0, 0.1) is 0 Å². The fraction of sp³-hybridized carbons (Fsp3) is 0.200. The molecule has 0 aliphatic heterocycles. The van der Waals surface area contributed by atoms with Crippen molar-refractivity contribution in [2.24, 2.45) is 0 Å². The van der Waals surface area contributed by atoms with Gasteiger partial charge in [0.15, 0.2) is 0 Å². The molecule has 0 aliphatic rings. The van der Waals surface area contributed by atoms with Gasteiger partial charge >= 0.3 is 0 Å². The number of hydrogen-bond donors (Lipinski definition) is 0. The maximum atomic E-state index is 10.6. The molecule has 0 saturated carbocycles. The zero-order valence-corrected chi connectivity index (χ0v) is 8.07. The summed E-state index contributed by atoms with van der Waals surface area (Å²) in [6, 6.07) is 0. The number of hydrogen-bond acceptors (Lipinski definition) is 4. The minimum absolute atomic E-state index is 0.214. The molecule has 1 aromatic heterocycles. The first-order chi connectivity index (χ1) is 5.47. The van der Waals surface area contributed by atoms with E-state index in [1.165, 1.54) is 12.4 Å². The lowest BCUT2D eigenvalue weighted by Gasteiger charge is -1.94. The maximum Gasteiger partial charge on any atom is 0.238 e. The Bertz CT molecular complexity index is 362. The molecular formula is C5H4Cl2N2O2S. The molecule has 0 spiro atoms. The van der Waals surface area contributed by atoms with Gasteiger partial charge in [-0.2, -0.15) is 0 Å². The van der Waals surface area contributed by atoms with E-state index >= 15 is 0 Å². The summed E-state index contributed by atoms with van der Waals surface area (Å²) in [4.78, 5) is 7.35. The van der Waals surface area contributed by atoms with Crippen molar-refractivity contribution in [3.63, 3.8) is 0 Å². The molecule has 4 nitrogen and oxygen atoms in total. The van der Waals surface area contributed by atoms with Crippen LogP contribution in [-0.2, 0) is 14.8 Å². The van der Waals surface area contributed by atoms with Crippen molar-refractivity contribution in [1.29, 1.82) is 0 Å². The Balaban J connectivity index is 2.85. The van der Waals surface area contributed by atoms with Crippen LogP contribution in [0.4, 0.5) is 0 Å². The first kappa shape index (κ1) is 9.70. The zero-order valence-electron chi connectivity index (χ0n) is 5.74. The zero-order chi connectivity index (χ0) is 9.19. The van der Waals surface area contributed by atoms with Crippen molar-refractivity contribution in [3.05, 3.63) is 23.2 Å². The quantitative estimate of drug-likeness (QED) is 0.712. The Morgan fingerprint density at radius 2 is 2.00 bits per heavy atom. The van der Waals surface area contributed by atoms with Gasteiger partial charge in [-0.05, 0) is 0 Å². The lowest BCUT2D eigenvalue weighted by atomic mass is 10.5. The van der Waals surface area contributed by atoms with Crippen LogP contribution >= 0.6 is 22.3 Å². The lowest BCUT2D eigenvalue weighted by molar-refractivity contribution is 0.608. The molecule has 12 heavy (non-hydrogen) atoms. The molecular weight excluding hydrogens is 223 g/mol. The third-order valence-electron chi connectivity index (χ3n) is 0.994. The minimum atomic E-state index is -3.56. The molecule has 0 unspecified atom stereocenters. The van der Waals surface area contributed by atoms with Crippen molar-refractivity contribution in [3.8, 4) is 0 Å². The number of halogens is 2. The summed E-state index contributed by atoms with van der Waals surface area (Å²) in [7, 11) is 1.42. The second-order valence-corrected chi connectivity index (χ2v) is 5.18. The molecule has 1 aromatic rings. The van der Waals surface area contributed by atoms with E-state index in [1.54, 1.807) is 0 Å². The van der Waals surface area contributed by atoms with E-state index < -0.39 is 9.05 Å². The Morgan fingerprint density at radius 1 is 1.33 bits per heavy atom. The van der Waals surface area contributed by atoms with Crippen LogP contribution in [0.3, 0.4) is 0 Å². The second kappa shape index (κ2) is 3.55. The van der Waals surface area contributed by atoms with Crippen LogP contribution in [0.5, 0.6) is 0 Å². The largest absolute Gasteiger partial charge is 0.255 e. The summed E-state index contributed by atoms with van der Waals surface area (Å²) < 4.78 is 21.1. The van der Waals surface area contributed by atoms with E-state index in [2.05, 4.69) is 9.97 Å². The van der Waals surface area contributed by atoms with Crippen molar-refractivity contribution < 1.29 is 8.42 Å². The van der Waals surface area contributed by atoms with Gasteiger partial charge in [-0.3, -0.25) is 4.98 Å². The van der Waals surface area contributed by atoms with Gasteiger partial charge in [0.25, 0.3) is 0 Å². The summed E-state index contributed by atoms with van der Waals surface area (Å²) in [6.07, 6.45) is 2.53. The molecule has 0 saturated heterocycles. The van der Waals surface area contributed by atoms with E-state index in [1.807, 2.05) is 0 Å². The number of aromatic nitrogens is 2. The fourth-order valence-corrected chi connectivity index (χ4v) is 1.53. The second-order valence-electron chi connectivity index (χ2n) is 2.01. The summed E-state index contributed by atoms with van der Waals surface area (Å²) in [5.74, 6) is -0.335. The minimum Gasteiger partial charge on any atom is -0.255 e. The van der Waals surface area contributed by atoms with Crippen LogP contribution < -0.4 is 0 Å². The highest BCUT2D eigenvalue weighted by Crippen LogP contribution is 2.07. The summed E-state index contributed by atoms with van der Waals surface area (Å²) in [6.45, 7) is 0. The molecule has 0 atom stereocenters. The molecule has 66 valence electrons. The summed E-state index contributed by atoms with van der Waals surface area (Å²) >= 11 is 5.43. The van der Waals surface area contributed by atoms with E-state index in [-0.39, 0.29) is 16.6 Å². The summed E-state index contributed by atoms with van der Waals surface area (Å²) in [5, 5.41) is 0.214. The van der Waals surface area contributed by atoms with Gasteiger partial charge in [-0.1, -0.05) is 11.6 Å². The third-order valence-corrected chi connectivity index (χ3v) is 2.16. The Labute approximate surface area is 79.0 Å². The van der Waals surface area contributed by atoms with Crippen LogP contribution in [0.25, 0.3) is 0 Å². The molecule has 0 amide bonds. The van der Waals surface area contributed by atoms with Gasteiger partial charge in [-0.15, -0.1) is 0 Å². The first-order valence-corrected chi connectivity index (χ1v) is 5.72. The number of nitrogens with zero attached hydrogens (tertiary/aromatic N) is 2. The van der Waals surface area contributed by atoms with Crippen molar-refractivity contribution in [2.45, 2.75) is 5.75 Å². The SMILES string of the molecule is O=S(=O)(Cl)Cc1cnc(Cl)cn1. The van der Waals surface area contributed by atoms with Gasteiger partial charge in [0.2, 0.25) is 9.05 Å². The molecule has 1 heterocycles. The van der Waals surface area contributed by atoms with E-state index in [9.17, 15) is 8.42 Å². The standard InChI is InChI=1S/C5H4Cl2N2O2S/c6-5-2-8-4(1-9-5)3-12(7,10)11/h1-2H,3H2. The third kappa shape index (κ3) is 3.34. The van der Waals surface area contributed by atoms with Gasteiger partial charge in [-0.25, -0.2) is 13.4 Å². The molecule has 0 aromatic carbocycles. The predicted octanol–water partition coefficient (Wildman–Crippen LogP) is 1.20. The highest BCUT2D eigenvalue weighted by atomic mass is 35.7. The van der Waals surface area contributed by atoms with E-state index in [4.69, 9.17) is 22.3 Å².